The zero-order valence-electron chi connectivity index (χ0n) is 21.4. The molecular formula is C28H30N6O4. The molecule has 1 atom stereocenters. The molecule has 2 aromatic heterocycles. The van der Waals surface area contributed by atoms with Gasteiger partial charge in [0.15, 0.2) is 5.76 Å². The van der Waals surface area contributed by atoms with E-state index in [0.29, 0.717) is 22.8 Å². The second kappa shape index (κ2) is 10.9. The summed E-state index contributed by atoms with van der Waals surface area (Å²) in [4.78, 5) is 30.4. The van der Waals surface area contributed by atoms with Gasteiger partial charge in [-0.15, -0.1) is 10.2 Å². The molecule has 1 aliphatic rings. The molecule has 38 heavy (non-hydrogen) atoms. The molecule has 5 rings (SSSR count). The van der Waals surface area contributed by atoms with E-state index in [4.69, 9.17) is 4.42 Å². The molecule has 2 aromatic carbocycles. The summed E-state index contributed by atoms with van der Waals surface area (Å²) in [6.45, 7) is 3.53. The van der Waals surface area contributed by atoms with Gasteiger partial charge in [0.25, 0.3) is 5.91 Å². The maximum atomic E-state index is 13.9. The maximum Gasteiger partial charge on any atom is 0.251 e. The lowest BCUT2D eigenvalue weighted by atomic mass is 10.0. The average Bonchev–Trinajstić information content (AvgIpc) is 3.67. The average molecular weight is 515 g/mol. The van der Waals surface area contributed by atoms with Crippen LogP contribution in [0.25, 0.3) is 11.6 Å². The van der Waals surface area contributed by atoms with Crippen LogP contribution in [-0.4, -0.2) is 43.2 Å². The minimum absolute atomic E-state index is 0.0633. The topological polar surface area (TPSA) is 126 Å². The molecule has 2 N–H and O–H groups in total. The van der Waals surface area contributed by atoms with Gasteiger partial charge < -0.3 is 14.8 Å². The van der Waals surface area contributed by atoms with Crippen LogP contribution in [0.1, 0.15) is 48.6 Å². The van der Waals surface area contributed by atoms with Crippen LogP contribution in [0.2, 0.25) is 0 Å². The van der Waals surface area contributed by atoms with Gasteiger partial charge in [0.2, 0.25) is 11.7 Å². The van der Waals surface area contributed by atoms with Crippen molar-refractivity contribution >= 4 is 17.5 Å². The molecule has 1 fully saturated rings. The summed E-state index contributed by atoms with van der Waals surface area (Å²) in [5, 5.41) is 25.4. The number of amides is 2. The number of carbonyl (C=O) groups excluding carboxylic acids is 2. The minimum atomic E-state index is -0.970. The van der Waals surface area contributed by atoms with Crippen molar-refractivity contribution in [2.24, 2.45) is 0 Å². The molecule has 0 bridgehead atoms. The van der Waals surface area contributed by atoms with Crippen molar-refractivity contribution in [3.8, 4) is 17.3 Å². The molecule has 0 radical (unpaired) electrons. The van der Waals surface area contributed by atoms with Crippen LogP contribution in [0.3, 0.4) is 0 Å². The quantitative estimate of drug-likeness (QED) is 0.363. The van der Waals surface area contributed by atoms with Crippen molar-refractivity contribution in [2.45, 2.75) is 58.2 Å². The van der Waals surface area contributed by atoms with E-state index in [1.807, 2.05) is 38.1 Å². The highest BCUT2D eigenvalue weighted by molar-refractivity contribution is 6.01. The molecule has 2 heterocycles. The maximum absolute atomic E-state index is 13.9. The highest BCUT2D eigenvalue weighted by Crippen LogP contribution is 2.31. The number of benzene rings is 2. The number of aryl methyl sites for hydroxylation is 2. The van der Waals surface area contributed by atoms with E-state index < -0.39 is 11.9 Å². The summed E-state index contributed by atoms with van der Waals surface area (Å²) in [6.07, 6.45) is 3.94. The minimum Gasteiger partial charge on any atom is -0.508 e. The number of phenols is 1. The number of anilines is 1. The Bertz CT molecular complexity index is 1400. The molecule has 0 aliphatic heterocycles. The fourth-order valence-corrected chi connectivity index (χ4v) is 4.73. The van der Waals surface area contributed by atoms with Gasteiger partial charge in [0.1, 0.15) is 24.1 Å². The van der Waals surface area contributed by atoms with Crippen LogP contribution in [-0.2, 0) is 16.1 Å². The third-order valence-corrected chi connectivity index (χ3v) is 6.69. The van der Waals surface area contributed by atoms with Gasteiger partial charge >= 0.3 is 0 Å². The number of tetrazole rings is 1. The highest BCUT2D eigenvalue weighted by atomic mass is 16.3. The number of aromatic hydroxyl groups is 1. The predicted molar refractivity (Wildman–Crippen MR) is 140 cm³/mol. The first-order valence-corrected chi connectivity index (χ1v) is 12.7. The number of aromatic nitrogens is 4. The Balaban J connectivity index is 1.50. The van der Waals surface area contributed by atoms with Crippen LogP contribution in [0.4, 0.5) is 5.69 Å². The fraction of sp³-hybridized carbons (Fsp3) is 0.321. The lowest BCUT2D eigenvalue weighted by molar-refractivity contribution is -0.127. The number of rotatable bonds is 8. The lowest BCUT2D eigenvalue weighted by Crippen LogP contribution is -2.47. The van der Waals surface area contributed by atoms with E-state index >= 15 is 0 Å². The lowest BCUT2D eigenvalue weighted by Gasteiger charge is -2.32. The first-order valence-electron chi connectivity index (χ1n) is 12.7. The fourth-order valence-electron chi connectivity index (χ4n) is 4.73. The third-order valence-electron chi connectivity index (χ3n) is 6.69. The number of nitrogens with zero attached hydrogens (tertiary/aromatic N) is 5. The molecule has 4 aromatic rings. The normalized spacial score (nSPS) is 14.4. The molecule has 0 spiro atoms. The van der Waals surface area contributed by atoms with Crippen molar-refractivity contribution < 1.29 is 19.1 Å². The third kappa shape index (κ3) is 5.59. The summed E-state index contributed by atoms with van der Waals surface area (Å²) in [7, 11) is 0. The molecule has 10 nitrogen and oxygen atoms in total. The van der Waals surface area contributed by atoms with Gasteiger partial charge in [-0.2, -0.15) is 4.80 Å². The van der Waals surface area contributed by atoms with Crippen molar-refractivity contribution in [3.63, 3.8) is 0 Å². The monoisotopic (exact) mass is 514 g/mol. The molecular weight excluding hydrogens is 484 g/mol. The Morgan fingerprint density at radius 2 is 1.76 bits per heavy atom. The number of carbonyl (C=O) groups is 2. The highest BCUT2D eigenvalue weighted by Gasteiger charge is 2.34. The second-order valence-electron chi connectivity index (χ2n) is 9.64. The van der Waals surface area contributed by atoms with Crippen LogP contribution >= 0.6 is 0 Å². The Morgan fingerprint density at radius 3 is 2.42 bits per heavy atom. The second-order valence-corrected chi connectivity index (χ2v) is 9.64. The van der Waals surface area contributed by atoms with Crippen LogP contribution in [0.15, 0.2) is 65.1 Å². The van der Waals surface area contributed by atoms with Gasteiger partial charge in [0.05, 0.1) is 0 Å². The number of phenolic OH excluding ortho intramolecular Hbond substituents is 1. The summed E-state index contributed by atoms with van der Waals surface area (Å²) in [5.74, 6) is 0.826. The standard InChI is InChI=1S/C28H30N6O4/c1-18-7-12-22(13-8-18)34(25(36)17-33-31-27(30-32-33)24-16-9-19(2)38-24)26(20-10-14-23(35)15-11-20)28(37)29-21-5-3-4-6-21/h7-16,21,26,35H,3-6,17H2,1-2H3,(H,29,37)/t26-/m1/s1. The number of hydrogen-bond donors (Lipinski definition) is 2. The van der Waals surface area contributed by atoms with E-state index in [0.717, 1.165) is 31.2 Å². The molecule has 0 unspecified atom stereocenters. The molecule has 2 amide bonds. The van der Waals surface area contributed by atoms with Gasteiger partial charge in [-0.05, 0) is 73.9 Å². The summed E-state index contributed by atoms with van der Waals surface area (Å²) < 4.78 is 5.57. The van der Waals surface area contributed by atoms with Crippen LogP contribution < -0.4 is 10.2 Å². The predicted octanol–water partition coefficient (Wildman–Crippen LogP) is 4.09. The smallest absolute Gasteiger partial charge is 0.251 e. The Morgan fingerprint density at radius 1 is 1.05 bits per heavy atom. The van der Waals surface area contributed by atoms with Crippen LogP contribution in [0.5, 0.6) is 5.75 Å². The van der Waals surface area contributed by atoms with E-state index in [9.17, 15) is 14.7 Å². The van der Waals surface area contributed by atoms with Crippen molar-refractivity contribution in [1.29, 1.82) is 0 Å². The van der Waals surface area contributed by atoms with Crippen LogP contribution in [0, 0.1) is 13.8 Å². The molecule has 196 valence electrons. The largest absolute Gasteiger partial charge is 0.508 e. The van der Waals surface area contributed by atoms with Gasteiger partial charge in [-0.25, -0.2) is 0 Å². The molecule has 10 heteroatoms. The van der Waals surface area contributed by atoms with Crippen molar-refractivity contribution in [1.82, 2.24) is 25.5 Å². The van der Waals surface area contributed by atoms with Crippen molar-refractivity contribution in [2.75, 3.05) is 4.90 Å². The molecule has 0 saturated heterocycles. The number of nitrogens with one attached hydrogen (secondary N) is 1. The SMILES string of the molecule is Cc1ccc(N(C(=O)Cn2nnc(-c3ccc(C)o3)n2)[C@@H](C(=O)NC2CCCC2)c2ccc(O)cc2)cc1. The first-order chi connectivity index (χ1) is 18.4. The van der Waals surface area contributed by atoms with E-state index in [-0.39, 0.29) is 30.1 Å². The zero-order chi connectivity index (χ0) is 26.6. The summed E-state index contributed by atoms with van der Waals surface area (Å²) in [6, 6.07) is 16.4. The Labute approximate surface area is 220 Å². The number of furan rings is 1. The number of hydrogen-bond acceptors (Lipinski definition) is 7. The van der Waals surface area contributed by atoms with E-state index in [2.05, 4.69) is 20.7 Å². The first kappa shape index (κ1) is 25.2. The van der Waals surface area contributed by atoms with Gasteiger partial charge in [0, 0.05) is 11.7 Å². The Kier molecular flexibility index (Phi) is 7.21. The van der Waals surface area contributed by atoms with E-state index in [1.54, 1.807) is 24.3 Å². The molecule has 1 aliphatic carbocycles. The summed E-state index contributed by atoms with van der Waals surface area (Å²) in [5.41, 5.74) is 2.15. The van der Waals surface area contributed by atoms with Gasteiger partial charge in [-0.1, -0.05) is 42.7 Å². The van der Waals surface area contributed by atoms with Crippen molar-refractivity contribution in [3.05, 3.63) is 77.6 Å². The van der Waals surface area contributed by atoms with Gasteiger partial charge in [-0.3, -0.25) is 14.5 Å². The van der Waals surface area contributed by atoms with E-state index in [1.165, 1.54) is 21.8 Å². The molecule has 1 saturated carbocycles. The Hall–Kier alpha value is -4.47. The zero-order valence-corrected chi connectivity index (χ0v) is 21.4. The summed E-state index contributed by atoms with van der Waals surface area (Å²) >= 11 is 0.